The van der Waals surface area contributed by atoms with Crippen LogP contribution in [0.15, 0.2) is 5.16 Å². The quantitative estimate of drug-likeness (QED) is 0.729. The first kappa shape index (κ1) is 11.2. The third-order valence-corrected chi connectivity index (χ3v) is 3.41. The molecule has 2 aliphatic heterocycles. The third-order valence-electron chi connectivity index (χ3n) is 3.41. The summed E-state index contributed by atoms with van der Waals surface area (Å²) in [5, 5.41) is 6.65. The predicted molar refractivity (Wildman–Crippen MR) is 61.4 cm³/mol. The molecule has 2 aliphatic rings. The van der Waals surface area contributed by atoms with Gasteiger partial charge < -0.3 is 15.1 Å². The molecule has 1 saturated heterocycles. The van der Waals surface area contributed by atoms with Crippen molar-refractivity contribution >= 4 is 11.7 Å². The van der Waals surface area contributed by atoms with Gasteiger partial charge in [-0.05, 0) is 19.8 Å². The summed E-state index contributed by atoms with van der Waals surface area (Å²) in [5.74, 6) is 0.544. The minimum absolute atomic E-state index is 0.0261. The molecule has 5 nitrogen and oxygen atoms in total. The second-order valence-electron chi connectivity index (χ2n) is 4.55. The van der Waals surface area contributed by atoms with E-state index in [0.717, 1.165) is 38.1 Å². The summed E-state index contributed by atoms with van der Waals surface area (Å²) >= 11 is 0. The van der Waals surface area contributed by atoms with Gasteiger partial charge in [0.1, 0.15) is 6.10 Å². The number of oxime groups is 1. The molecule has 1 unspecified atom stereocenters. The topological polar surface area (TPSA) is 53.9 Å². The Bertz CT molecular complexity index is 296. The zero-order valence-corrected chi connectivity index (χ0v) is 9.90. The maximum Gasteiger partial charge on any atom is 0.317 e. The van der Waals surface area contributed by atoms with Crippen LogP contribution in [0.4, 0.5) is 4.79 Å². The Hall–Kier alpha value is -1.26. The van der Waals surface area contributed by atoms with Gasteiger partial charge in [-0.2, -0.15) is 0 Å². The Morgan fingerprint density at radius 1 is 1.50 bits per heavy atom. The number of urea groups is 1. The number of nitrogens with one attached hydrogen (secondary N) is 1. The summed E-state index contributed by atoms with van der Waals surface area (Å²) in [5.41, 5.74) is 1.08. The molecule has 16 heavy (non-hydrogen) atoms. The van der Waals surface area contributed by atoms with Gasteiger partial charge in [-0.1, -0.05) is 5.16 Å². The number of nitrogens with zero attached hydrogens (tertiary/aromatic N) is 2. The number of hydrogen-bond donors (Lipinski definition) is 1. The van der Waals surface area contributed by atoms with Crippen molar-refractivity contribution in [3.8, 4) is 0 Å². The first-order valence-electron chi connectivity index (χ1n) is 5.86. The van der Waals surface area contributed by atoms with Crippen LogP contribution >= 0.6 is 0 Å². The van der Waals surface area contributed by atoms with Gasteiger partial charge in [0.25, 0.3) is 0 Å². The van der Waals surface area contributed by atoms with E-state index >= 15 is 0 Å². The van der Waals surface area contributed by atoms with Crippen molar-refractivity contribution in [3.63, 3.8) is 0 Å². The average Bonchev–Trinajstić information content (AvgIpc) is 2.75. The van der Waals surface area contributed by atoms with Gasteiger partial charge in [0.05, 0.1) is 5.71 Å². The molecule has 1 fully saturated rings. The van der Waals surface area contributed by atoms with E-state index in [1.165, 1.54) is 0 Å². The SMILES string of the molecule is CNC(=O)N1CCC(C2CC(C)=NO2)CC1. The van der Waals surface area contributed by atoms with Gasteiger partial charge in [-0.3, -0.25) is 0 Å². The van der Waals surface area contributed by atoms with Crippen molar-refractivity contribution in [1.29, 1.82) is 0 Å². The van der Waals surface area contributed by atoms with E-state index < -0.39 is 0 Å². The summed E-state index contributed by atoms with van der Waals surface area (Å²) in [7, 11) is 1.67. The van der Waals surface area contributed by atoms with Crippen LogP contribution in [0.3, 0.4) is 0 Å². The van der Waals surface area contributed by atoms with Crippen molar-refractivity contribution in [1.82, 2.24) is 10.2 Å². The Morgan fingerprint density at radius 3 is 2.69 bits per heavy atom. The smallest absolute Gasteiger partial charge is 0.317 e. The van der Waals surface area contributed by atoms with Crippen molar-refractivity contribution in [2.75, 3.05) is 20.1 Å². The van der Waals surface area contributed by atoms with E-state index in [1.54, 1.807) is 7.05 Å². The molecule has 90 valence electrons. The molecule has 0 radical (unpaired) electrons. The number of piperidine rings is 1. The van der Waals surface area contributed by atoms with E-state index in [1.807, 2.05) is 11.8 Å². The Kier molecular flexibility index (Phi) is 3.31. The summed E-state index contributed by atoms with van der Waals surface area (Å²) < 4.78 is 0. The molecule has 2 amide bonds. The Balaban J connectivity index is 1.79. The highest BCUT2D eigenvalue weighted by Crippen LogP contribution is 2.27. The average molecular weight is 225 g/mol. The summed E-state index contributed by atoms with van der Waals surface area (Å²) in [6.45, 7) is 3.64. The van der Waals surface area contributed by atoms with Gasteiger partial charge in [0.2, 0.25) is 0 Å². The Labute approximate surface area is 95.8 Å². The fourth-order valence-corrected chi connectivity index (χ4v) is 2.41. The van der Waals surface area contributed by atoms with E-state index in [2.05, 4.69) is 10.5 Å². The Morgan fingerprint density at radius 2 is 2.19 bits per heavy atom. The van der Waals surface area contributed by atoms with Crippen LogP contribution in [0.25, 0.3) is 0 Å². The largest absolute Gasteiger partial charge is 0.392 e. The number of carbonyl (C=O) groups is 1. The number of hydrogen-bond acceptors (Lipinski definition) is 3. The zero-order valence-electron chi connectivity index (χ0n) is 9.90. The molecule has 0 aliphatic carbocycles. The first-order chi connectivity index (χ1) is 7.70. The van der Waals surface area contributed by atoms with Crippen LogP contribution in [0.5, 0.6) is 0 Å². The molecular weight excluding hydrogens is 206 g/mol. The molecule has 0 aromatic carbocycles. The van der Waals surface area contributed by atoms with E-state index in [4.69, 9.17) is 4.84 Å². The fraction of sp³-hybridized carbons (Fsp3) is 0.818. The number of likely N-dealkylation sites (tertiary alicyclic amines) is 1. The second kappa shape index (κ2) is 4.72. The van der Waals surface area contributed by atoms with Crippen LogP contribution in [-0.4, -0.2) is 42.9 Å². The lowest BCUT2D eigenvalue weighted by Crippen LogP contribution is -2.44. The summed E-state index contributed by atoms with van der Waals surface area (Å²) in [6.07, 6.45) is 3.22. The molecule has 0 bridgehead atoms. The van der Waals surface area contributed by atoms with Crippen LogP contribution in [0.2, 0.25) is 0 Å². The van der Waals surface area contributed by atoms with E-state index in [9.17, 15) is 4.79 Å². The predicted octanol–water partition coefficient (Wildman–Crippen LogP) is 1.20. The van der Waals surface area contributed by atoms with Gasteiger partial charge in [0.15, 0.2) is 0 Å². The monoisotopic (exact) mass is 225 g/mol. The second-order valence-corrected chi connectivity index (χ2v) is 4.55. The number of carbonyl (C=O) groups excluding carboxylic acids is 1. The lowest BCUT2D eigenvalue weighted by molar-refractivity contribution is 0.0185. The standard InChI is InChI=1S/C11H19N3O2/c1-8-7-10(16-13-8)9-3-5-14(6-4-9)11(15)12-2/h9-10H,3-7H2,1-2H3,(H,12,15). The highest BCUT2D eigenvalue weighted by atomic mass is 16.6. The number of amides is 2. The van der Waals surface area contributed by atoms with Crippen molar-refractivity contribution < 1.29 is 9.63 Å². The maximum absolute atomic E-state index is 11.4. The highest BCUT2D eigenvalue weighted by Gasteiger charge is 2.32. The molecule has 0 aromatic rings. The molecule has 1 N–H and O–H groups in total. The normalized spacial score (nSPS) is 26.2. The van der Waals surface area contributed by atoms with Gasteiger partial charge in [0, 0.05) is 32.5 Å². The van der Waals surface area contributed by atoms with Gasteiger partial charge in [-0.25, -0.2) is 4.79 Å². The maximum atomic E-state index is 11.4. The van der Waals surface area contributed by atoms with Crippen molar-refractivity contribution in [2.24, 2.45) is 11.1 Å². The van der Waals surface area contributed by atoms with Gasteiger partial charge in [-0.15, -0.1) is 0 Å². The molecule has 0 aromatic heterocycles. The van der Waals surface area contributed by atoms with Crippen LogP contribution in [0.1, 0.15) is 26.2 Å². The summed E-state index contributed by atoms with van der Waals surface area (Å²) in [4.78, 5) is 18.7. The van der Waals surface area contributed by atoms with Crippen molar-refractivity contribution in [3.05, 3.63) is 0 Å². The molecular formula is C11H19N3O2. The molecule has 1 atom stereocenters. The van der Waals surface area contributed by atoms with Crippen LogP contribution in [0, 0.1) is 5.92 Å². The minimum Gasteiger partial charge on any atom is -0.392 e. The van der Waals surface area contributed by atoms with Gasteiger partial charge >= 0.3 is 6.03 Å². The summed E-state index contributed by atoms with van der Waals surface area (Å²) in [6, 6.07) is 0.0261. The highest BCUT2D eigenvalue weighted by molar-refractivity contribution is 5.82. The molecule has 2 heterocycles. The van der Waals surface area contributed by atoms with Crippen molar-refractivity contribution in [2.45, 2.75) is 32.3 Å². The lowest BCUT2D eigenvalue weighted by Gasteiger charge is -2.33. The fourth-order valence-electron chi connectivity index (χ4n) is 2.41. The van der Waals surface area contributed by atoms with E-state index in [0.29, 0.717) is 5.92 Å². The third kappa shape index (κ3) is 2.28. The minimum atomic E-state index is 0.0261. The molecule has 0 spiro atoms. The molecule has 0 saturated carbocycles. The molecule has 2 rings (SSSR count). The lowest BCUT2D eigenvalue weighted by atomic mass is 9.89. The zero-order chi connectivity index (χ0) is 11.5. The first-order valence-corrected chi connectivity index (χ1v) is 5.86. The van der Waals surface area contributed by atoms with Crippen LogP contribution in [-0.2, 0) is 4.84 Å². The van der Waals surface area contributed by atoms with E-state index in [-0.39, 0.29) is 12.1 Å². The molecule has 5 heteroatoms. The number of rotatable bonds is 1. The van der Waals surface area contributed by atoms with Crippen LogP contribution < -0.4 is 5.32 Å².